The van der Waals surface area contributed by atoms with Crippen molar-refractivity contribution < 1.29 is 14.6 Å². The Balaban J connectivity index is 2.22. The lowest BCUT2D eigenvalue weighted by atomic mass is 9.71. The van der Waals surface area contributed by atoms with Crippen LogP contribution in [0, 0.1) is 5.41 Å². The fraction of sp³-hybridized carbons (Fsp3) is 0.286. The molecule has 2 aliphatic carbocycles. The largest absolute Gasteiger partial charge is 0.392 e. The van der Waals surface area contributed by atoms with Gasteiger partial charge in [0.1, 0.15) is 5.83 Å². The molecular weight excluding hydrogens is 287 g/mol. The molecule has 1 unspecified atom stereocenters. The van der Waals surface area contributed by atoms with Crippen molar-refractivity contribution >= 4 is 23.4 Å². The highest BCUT2D eigenvalue weighted by Gasteiger charge is 2.47. The lowest BCUT2D eigenvalue weighted by Gasteiger charge is -2.35. The third-order valence-electron chi connectivity index (χ3n) is 3.60. The van der Waals surface area contributed by atoms with Gasteiger partial charge in [-0.15, -0.1) is 0 Å². The minimum absolute atomic E-state index is 0.119. The number of aliphatic hydroxyl groups excluding tert-OH is 2. The van der Waals surface area contributed by atoms with Crippen LogP contribution in [0.2, 0.25) is 0 Å². The van der Waals surface area contributed by atoms with Gasteiger partial charge in [0, 0.05) is 21.3 Å². The maximum Gasteiger partial charge on any atom is 0.123 e. The number of hydrogen-bond donors (Lipinski definition) is 2. The lowest BCUT2D eigenvalue weighted by Crippen LogP contribution is -2.25. The topological polar surface area (TPSA) is 40.5 Å². The zero-order valence-corrected chi connectivity index (χ0v) is 11.6. The van der Waals surface area contributed by atoms with Crippen LogP contribution in [-0.4, -0.2) is 23.4 Å². The third kappa shape index (κ3) is 1.86. The average Bonchev–Trinajstić information content (AvgIpc) is 2.71. The predicted molar refractivity (Wildman–Crippen MR) is 75.1 cm³/mol. The highest BCUT2D eigenvalue weighted by Crippen LogP contribution is 2.62. The third-order valence-corrected chi connectivity index (χ3v) is 5.27. The maximum atomic E-state index is 13.5. The Labute approximate surface area is 119 Å². The van der Waals surface area contributed by atoms with E-state index in [9.17, 15) is 14.6 Å². The van der Waals surface area contributed by atoms with Crippen molar-refractivity contribution in [1.82, 2.24) is 0 Å². The molecule has 1 aliphatic heterocycles. The van der Waals surface area contributed by atoms with Crippen LogP contribution in [0.1, 0.15) is 6.42 Å². The standard InChI is InChI=1S/C14H12ClFO2S/c15-9-3-8(6-17)13-14(5-9)2-1-10(16)4-11(14)12(7-18)19-13/h1-4,17-18H,5-7H2. The summed E-state index contributed by atoms with van der Waals surface area (Å²) in [4.78, 5) is 1.67. The molecule has 0 saturated heterocycles. The van der Waals surface area contributed by atoms with Crippen LogP contribution in [0.3, 0.4) is 0 Å². The molecule has 19 heavy (non-hydrogen) atoms. The minimum atomic E-state index is -0.512. The van der Waals surface area contributed by atoms with Crippen LogP contribution in [0.4, 0.5) is 4.39 Å². The first-order valence-electron chi connectivity index (χ1n) is 5.90. The van der Waals surface area contributed by atoms with E-state index in [1.54, 1.807) is 12.2 Å². The van der Waals surface area contributed by atoms with Crippen molar-refractivity contribution in [3.63, 3.8) is 0 Å². The number of thioether (sulfide) groups is 1. The Morgan fingerprint density at radius 1 is 1.32 bits per heavy atom. The smallest absolute Gasteiger partial charge is 0.123 e. The van der Waals surface area contributed by atoms with Gasteiger partial charge < -0.3 is 10.2 Å². The molecule has 1 spiro atoms. The van der Waals surface area contributed by atoms with E-state index in [0.717, 1.165) is 21.0 Å². The summed E-state index contributed by atoms with van der Waals surface area (Å²) in [6, 6.07) is 0. The molecule has 0 amide bonds. The van der Waals surface area contributed by atoms with E-state index in [0.29, 0.717) is 11.5 Å². The fourth-order valence-electron chi connectivity index (χ4n) is 2.82. The van der Waals surface area contributed by atoms with Gasteiger partial charge in [-0.25, -0.2) is 4.39 Å². The molecule has 1 heterocycles. The summed E-state index contributed by atoms with van der Waals surface area (Å²) in [5.74, 6) is -0.329. The number of aliphatic hydroxyl groups is 2. The Kier molecular flexibility index (Phi) is 3.21. The summed E-state index contributed by atoms with van der Waals surface area (Å²) in [6.07, 6.45) is 6.97. The monoisotopic (exact) mass is 298 g/mol. The Morgan fingerprint density at radius 2 is 2.11 bits per heavy atom. The second-order valence-corrected chi connectivity index (χ2v) is 6.30. The molecule has 0 fully saturated rings. The summed E-state index contributed by atoms with van der Waals surface area (Å²) in [6.45, 7) is -0.258. The summed E-state index contributed by atoms with van der Waals surface area (Å²) in [5.41, 5.74) is 0.983. The zero-order chi connectivity index (χ0) is 13.6. The SMILES string of the molecule is OCC1=C2SC(CO)=C3C=C(F)C=CC32CC(Cl)=C1. The van der Waals surface area contributed by atoms with Gasteiger partial charge in [-0.1, -0.05) is 29.4 Å². The van der Waals surface area contributed by atoms with Gasteiger partial charge in [-0.2, -0.15) is 0 Å². The first-order valence-corrected chi connectivity index (χ1v) is 7.09. The van der Waals surface area contributed by atoms with Gasteiger partial charge in [0.2, 0.25) is 0 Å². The first-order chi connectivity index (χ1) is 9.10. The minimum Gasteiger partial charge on any atom is -0.392 e. The number of allylic oxidation sites excluding steroid dienone is 7. The zero-order valence-electron chi connectivity index (χ0n) is 9.99. The van der Waals surface area contributed by atoms with Gasteiger partial charge in [-0.05, 0) is 29.4 Å². The summed E-state index contributed by atoms with van der Waals surface area (Å²) >= 11 is 7.58. The first kappa shape index (κ1) is 13.2. The summed E-state index contributed by atoms with van der Waals surface area (Å²) in [7, 11) is 0. The maximum absolute atomic E-state index is 13.5. The molecule has 2 nitrogen and oxygen atoms in total. The van der Waals surface area contributed by atoms with Crippen molar-refractivity contribution in [3.8, 4) is 0 Å². The van der Waals surface area contributed by atoms with Crippen LogP contribution in [0.25, 0.3) is 0 Å². The van der Waals surface area contributed by atoms with Crippen molar-refractivity contribution in [2.45, 2.75) is 6.42 Å². The summed E-state index contributed by atoms with van der Waals surface area (Å²) in [5, 5.41) is 19.6. The van der Waals surface area contributed by atoms with Crippen LogP contribution in [0.15, 0.2) is 56.1 Å². The Hall–Kier alpha value is -0.810. The molecule has 5 heteroatoms. The molecule has 0 radical (unpaired) electrons. The van der Waals surface area contributed by atoms with Crippen LogP contribution >= 0.6 is 23.4 Å². The normalized spacial score (nSPS) is 29.3. The van der Waals surface area contributed by atoms with E-state index >= 15 is 0 Å². The quantitative estimate of drug-likeness (QED) is 0.823. The van der Waals surface area contributed by atoms with Crippen LogP contribution in [0.5, 0.6) is 0 Å². The lowest BCUT2D eigenvalue weighted by molar-refractivity contribution is 0.331. The van der Waals surface area contributed by atoms with Gasteiger partial charge >= 0.3 is 0 Å². The van der Waals surface area contributed by atoms with E-state index in [-0.39, 0.29) is 19.0 Å². The number of rotatable bonds is 2. The van der Waals surface area contributed by atoms with E-state index in [1.165, 1.54) is 23.9 Å². The van der Waals surface area contributed by atoms with Crippen molar-refractivity contribution in [3.05, 3.63) is 56.1 Å². The summed E-state index contributed by atoms with van der Waals surface area (Å²) < 4.78 is 13.5. The van der Waals surface area contributed by atoms with E-state index in [1.807, 2.05) is 0 Å². The molecule has 0 aromatic rings. The highest BCUT2D eigenvalue weighted by molar-refractivity contribution is 8.07. The molecule has 0 bridgehead atoms. The molecule has 3 aliphatic rings. The van der Waals surface area contributed by atoms with E-state index < -0.39 is 5.41 Å². The van der Waals surface area contributed by atoms with E-state index in [2.05, 4.69) is 0 Å². The Bertz CT molecular complexity index is 601. The molecule has 1 atom stereocenters. The molecule has 3 rings (SSSR count). The molecule has 0 saturated carbocycles. The molecule has 100 valence electrons. The predicted octanol–water partition coefficient (Wildman–Crippen LogP) is 3.16. The molecular formula is C14H12ClFO2S. The molecule has 2 N–H and O–H groups in total. The van der Waals surface area contributed by atoms with E-state index in [4.69, 9.17) is 11.6 Å². The molecule has 0 aromatic heterocycles. The van der Waals surface area contributed by atoms with Crippen LogP contribution < -0.4 is 0 Å². The van der Waals surface area contributed by atoms with Gasteiger partial charge in [-0.3, -0.25) is 0 Å². The van der Waals surface area contributed by atoms with Crippen molar-refractivity contribution in [2.24, 2.45) is 5.41 Å². The second kappa shape index (κ2) is 4.63. The fourth-order valence-corrected chi connectivity index (χ4v) is 4.51. The van der Waals surface area contributed by atoms with Crippen LogP contribution in [-0.2, 0) is 0 Å². The Morgan fingerprint density at radius 3 is 2.79 bits per heavy atom. The van der Waals surface area contributed by atoms with Gasteiger partial charge in [0.15, 0.2) is 0 Å². The second-order valence-electron chi connectivity index (χ2n) is 4.71. The van der Waals surface area contributed by atoms with Gasteiger partial charge in [0.05, 0.1) is 18.6 Å². The van der Waals surface area contributed by atoms with Gasteiger partial charge in [0.25, 0.3) is 0 Å². The molecule has 0 aromatic carbocycles. The highest BCUT2D eigenvalue weighted by atomic mass is 35.5. The average molecular weight is 299 g/mol. The van der Waals surface area contributed by atoms with Crippen molar-refractivity contribution in [2.75, 3.05) is 13.2 Å². The van der Waals surface area contributed by atoms with Crippen molar-refractivity contribution in [1.29, 1.82) is 0 Å². The number of hydrogen-bond acceptors (Lipinski definition) is 3. The number of halogens is 2.